The van der Waals surface area contributed by atoms with Crippen molar-refractivity contribution in [3.63, 3.8) is 0 Å². The minimum atomic E-state index is -2.71. The minimum absolute atomic E-state index is 0.0390. The smallest absolute Gasteiger partial charge is 0.144 e. The van der Waals surface area contributed by atoms with Gasteiger partial charge in [0.1, 0.15) is 11.2 Å². The molecule has 1 aliphatic rings. The Bertz CT molecular complexity index is 2900. The van der Waals surface area contributed by atoms with E-state index in [0.717, 1.165) is 45.2 Å². The molecule has 0 amide bonds. The molecule has 2 heterocycles. The maximum Gasteiger partial charge on any atom is 0.144 e. The third kappa shape index (κ3) is 4.66. The molecule has 0 bridgehead atoms. The number of nitrogens with zero attached hydrogens (tertiary/aromatic N) is 1. The van der Waals surface area contributed by atoms with E-state index in [1.54, 1.807) is 36.4 Å². The Morgan fingerprint density at radius 2 is 1.43 bits per heavy atom. The fraction of sp³-hybridized carbons (Fsp3) is 0.178. The van der Waals surface area contributed by atoms with Gasteiger partial charge < -0.3 is 4.42 Å². The van der Waals surface area contributed by atoms with Gasteiger partial charge in [0.15, 0.2) is 0 Å². The maximum absolute atomic E-state index is 9.00. The molecule has 0 aliphatic heterocycles. The number of furan rings is 1. The number of benzene rings is 6. The number of pyridine rings is 1. The average Bonchev–Trinajstić information content (AvgIpc) is 3.79. The van der Waals surface area contributed by atoms with Crippen molar-refractivity contribution in [2.45, 2.75) is 52.1 Å². The lowest BCUT2D eigenvalue weighted by atomic mass is 9.89. The van der Waals surface area contributed by atoms with Gasteiger partial charge in [-0.2, -0.15) is 0 Å². The van der Waals surface area contributed by atoms with Gasteiger partial charge in [-0.3, -0.25) is 4.98 Å². The number of rotatable bonds is 4. The normalized spacial score (nSPS) is 18.5. The lowest BCUT2D eigenvalue weighted by molar-refractivity contribution is 0.670. The van der Waals surface area contributed by atoms with Crippen LogP contribution in [0, 0.1) is 20.6 Å². The first kappa shape index (κ1) is 19.5. The van der Waals surface area contributed by atoms with Crippen LogP contribution in [0.3, 0.4) is 0 Å². The SMILES string of the molecule is [2H]C([2H])([2H])c1cc(C2([2H])CCCC2)ccc1-c1ccc(-c2cc(-c3cccc4c3oc3cc5c(ccc6ccccc65)cc34)ncc2C([2H])([2H])[2H])c(C([2H])([2H])[2H])c1. The quantitative estimate of drug-likeness (QED) is 0.184. The first-order valence-electron chi connectivity index (χ1n) is 21.1. The molecule has 2 aromatic heterocycles. The summed E-state index contributed by atoms with van der Waals surface area (Å²) in [6.45, 7) is -7.89. The molecule has 1 fully saturated rings. The summed E-state index contributed by atoms with van der Waals surface area (Å²) in [7, 11) is 0. The molecule has 1 saturated carbocycles. The standard InChI is InChI=1S/C45H37NO/c1-27-21-32(30-9-4-5-10-30)17-19-35(27)33-18-20-36(28(2)22-33)40-24-43(46-26-29(40)3)39-14-8-13-38-42-23-34-16-15-31-11-6-7-12-37(31)41(34)25-44(42)47-45(38)39/h6-8,11-26,30H,4-5,9-10H2,1-3H3/i1D3,2D3,3D3,30D. The third-order valence-corrected chi connectivity index (χ3v) is 9.80. The number of hydrogen-bond acceptors (Lipinski definition) is 2. The molecular formula is C45H37NO. The first-order chi connectivity index (χ1) is 27.0. The summed E-state index contributed by atoms with van der Waals surface area (Å²) in [5.74, 6) is -0.868. The van der Waals surface area contributed by atoms with Gasteiger partial charge in [-0.25, -0.2) is 0 Å². The molecule has 47 heavy (non-hydrogen) atoms. The minimum Gasteiger partial charge on any atom is -0.455 e. The summed E-state index contributed by atoms with van der Waals surface area (Å²) in [5.41, 5.74) is 3.73. The van der Waals surface area contributed by atoms with E-state index in [1.807, 2.05) is 36.4 Å². The van der Waals surface area contributed by atoms with E-state index < -0.39 is 26.4 Å². The molecule has 2 nitrogen and oxygen atoms in total. The Hall–Kier alpha value is -5.21. The second-order valence-electron chi connectivity index (χ2n) is 12.6. The van der Waals surface area contributed by atoms with Gasteiger partial charge in [-0.05, 0) is 130 Å². The highest BCUT2D eigenvalue weighted by Gasteiger charge is 2.19. The van der Waals surface area contributed by atoms with E-state index in [9.17, 15) is 0 Å². The van der Waals surface area contributed by atoms with Crippen LogP contribution in [-0.2, 0) is 0 Å². The van der Waals surface area contributed by atoms with Crippen molar-refractivity contribution in [3.8, 4) is 33.5 Å². The van der Waals surface area contributed by atoms with Crippen molar-refractivity contribution in [1.29, 1.82) is 0 Å². The molecule has 2 heteroatoms. The van der Waals surface area contributed by atoms with Crippen LogP contribution >= 0.6 is 0 Å². The third-order valence-electron chi connectivity index (χ3n) is 9.80. The Morgan fingerprint density at radius 3 is 2.32 bits per heavy atom. The Balaban J connectivity index is 1.21. The lowest BCUT2D eigenvalue weighted by Crippen LogP contribution is -1.95. The van der Waals surface area contributed by atoms with Crippen molar-refractivity contribution in [1.82, 2.24) is 4.98 Å². The summed E-state index contributed by atoms with van der Waals surface area (Å²) < 4.78 is 91.9. The van der Waals surface area contributed by atoms with Crippen LogP contribution in [0.25, 0.3) is 77.0 Å². The zero-order chi connectivity index (χ0) is 40.1. The van der Waals surface area contributed by atoms with Crippen LogP contribution < -0.4 is 0 Å². The van der Waals surface area contributed by atoms with Crippen molar-refractivity contribution >= 4 is 43.5 Å². The molecule has 8 aromatic rings. The van der Waals surface area contributed by atoms with Gasteiger partial charge >= 0.3 is 0 Å². The van der Waals surface area contributed by atoms with Crippen LogP contribution in [0.15, 0.2) is 120 Å². The fourth-order valence-corrected chi connectivity index (χ4v) is 7.38. The van der Waals surface area contributed by atoms with E-state index in [4.69, 9.17) is 18.1 Å². The second-order valence-corrected chi connectivity index (χ2v) is 12.6. The van der Waals surface area contributed by atoms with Gasteiger partial charge in [0, 0.05) is 36.2 Å². The molecule has 0 radical (unpaired) electrons. The number of fused-ring (bicyclic) bond motifs is 6. The summed E-state index contributed by atoms with van der Waals surface area (Å²) in [4.78, 5) is 4.62. The van der Waals surface area contributed by atoms with E-state index in [1.165, 1.54) is 12.3 Å². The van der Waals surface area contributed by atoms with Gasteiger partial charge in [-0.15, -0.1) is 0 Å². The molecule has 228 valence electrons. The zero-order valence-corrected chi connectivity index (χ0v) is 25.7. The van der Waals surface area contributed by atoms with Gasteiger partial charge in [-0.1, -0.05) is 97.8 Å². The summed E-state index contributed by atoms with van der Waals surface area (Å²) in [5, 5.41) is 6.12. The first-order valence-corrected chi connectivity index (χ1v) is 16.1. The van der Waals surface area contributed by atoms with Crippen molar-refractivity contribution < 1.29 is 18.1 Å². The van der Waals surface area contributed by atoms with Crippen LogP contribution in [0.1, 0.15) is 67.5 Å². The van der Waals surface area contributed by atoms with E-state index in [2.05, 4.69) is 35.3 Å². The molecule has 0 spiro atoms. The predicted octanol–water partition coefficient (Wildman–Crippen LogP) is 12.9. The van der Waals surface area contributed by atoms with Gasteiger partial charge in [0.05, 0.1) is 5.69 Å². The van der Waals surface area contributed by atoms with E-state index in [0.29, 0.717) is 52.0 Å². The van der Waals surface area contributed by atoms with Gasteiger partial charge in [0.2, 0.25) is 0 Å². The fourth-order valence-electron chi connectivity index (χ4n) is 7.38. The summed E-state index contributed by atoms with van der Waals surface area (Å²) >= 11 is 0. The number of hydrogen-bond donors (Lipinski definition) is 0. The number of para-hydroxylation sites is 1. The molecule has 0 saturated heterocycles. The molecule has 9 rings (SSSR count). The van der Waals surface area contributed by atoms with Crippen LogP contribution in [0.4, 0.5) is 0 Å². The average molecular weight is 618 g/mol. The highest BCUT2D eigenvalue weighted by Crippen LogP contribution is 2.41. The van der Waals surface area contributed by atoms with Crippen molar-refractivity contribution in [3.05, 3.63) is 138 Å². The van der Waals surface area contributed by atoms with Crippen LogP contribution in [0.2, 0.25) is 0 Å². The predicted molar refractivity (Wildman–Crippen MR) is 198 cm³/mol. The largest absolute Gasteiger partial charge is 0.455 e. The Morgan fingerprint density at radius 1 is 0.617 bits per heavy atom. The lowest BCUT2D eigenvalue weighted by Gasteiger charge is -2.16. The van der Waals surface area contributed by atoms with Crippen LogP contribution in [-0.4, -0.2) is 4.98 Å². The maximum atomic E-state index is 9.00. The highest BCUT2D eigenvalue weighted by molar-refractivity contribution is 6.17. The monoisotopic (exact) mass is 617 g/mol. The Kier molecular flexibility index (Phi) is 4.53. The van der Waals surface area contributed by atoms with E-state index >= 15 is 0 Å². The van der Waals surface area contributed by atoms with Crippen molar-refractivity contribution in [2.75, 3.05) is 0 Å². The number of aryl methyl sites for hydroxylation is 3. The summed E-state index contributed by atoms with van der Waals surface area (Å²) in [6.07, 6.45) is 4.36. The molecule has 0 atom stereocenters. The molecule has 6 aromatic carbocycles. The molecule has 0 N–H and O–H groups in total. The zero-order valence-electron chi connectivity index (χ0n) is 35.7. The highest BCUT2D eigenvalue weighted by atomic mass is 16.3. The molecule has 1 aliphatic carbocycles. The summed E-state index contributed by atoms with van der Waals surface area (Å²) in [6, 6.07) is 33.5. The van der Waals surface area contributed by atoms with Gasteiger partial charge in [0.25, 0.3) is 0 Å². The van der Waals surface area contributed by atoms with Crippen molar-refractivity contribution in [2.24, 2.45) is 0 Å². The molecular weight excluding hydrogens is 571 g/mol. The number of aromatic nitrogens is 1. The van der Waals surface area contributed by atoms with Crippen LogP contribution in [0.5, 0.6) is 0 Å². The second kappa shape index (κ2) is 11.0. The molecule has 0 unspecified atom stereocenters. The van der Waals surface area contributed by atoms with E-state index in [-0.39, 0.29) is 27.8 Å². The Labute approximate surface area is 289 Å². The topological polar surface area (TPSA) is 26.0 Å².